The summed E-state index contributed by atoms with van der Waals surface area (Å²) in [4.78, 5) is 0. The molecular formula is C10H10ClF4N. The van der Waals surface area contributed by atoms with Gasteiger partial charge in [-0.2, -0.15) is 13.2 Å². The smallest absolute Gasteiger partial charge is 0.310 e. The first kappa shape index (κ1) is 13.3. The van der Waals surface area contributed by atoms with E-state index < -0.39 is 18.4 Å². The summed E-state index contributed by atoms with van der Waals surface area (Å²) in [5.41, 5.74) is -0.725. The van der Waals surface area contributed by atoms with Crippen molar-refractivity contribution in [1.82, 2.24) is 5.32 Å². The van der Waals surface area contributed by atoms with Gasteiger partial charge >= 0.3 is 6.18 Å². The predicted octanol–water partition coefficient (Wildman–Crippen LogP) is 3.42. The quantitative estimate of drug-likeness (QED) is 0.642. The van der Waals surface area contributed by atoms with E-state index in [4.69, 9.17) is 11.6 Å². The van der Waals surface area contributed by atoms with Crippen LogP contribution in [0, 0.1) is 0 Å². The highest BCUT2D eigenvalue weighted by Gasteiger charge is 2.33. The second-order valence-electron chi connectivity index (χ2n) is 3.16. The molecule has 0 heterocycles. The highest BCUT2D eigenvalue weighted by molar-refractivity contribution is 6.30. The van der Waals surface area contributed by atoms with E-state index in [2.05, 4.69) is 5.32 Å². The van der Waals surface area contributed by atoms with Crippen LogP contribution >= 0.6 is 11.6 Å². The Balaban J connectivity index is 2.90. The van der Waals surface area contributed by atoms with Crippen LogP contribution in [0.25, 0.3) is 0 Å². The van der Waals surface area contributed by atoms with Crippen LogP contribution in [0.5, 0.6) is 0 Å². The van der Waals surface area contributed by atoms with Crippen molar-refractivity contribution in [3.8, 4) is 0 Å². The topological polar surface area (TPSA) is 12.0 Å². The summed E-state index contributed by atoms with van der Waals surface area (Å²) in [5, 5.41) is 2.59. The minimum Gasteiger partial charge on any atom is -0.310 e. The zero-order chi connectivity index (χ0) is 12.2. The average molecular weight is 256 g/mol. The van der Waals surface area contributed by atoms with Gasteiger partial charge in [0.15, 0.2) is 0 Å². The lowest BCUT2D eigenvalue weighted by Crippen LogP contribution is -2.19. The number of benzene rings is 1. The van der Waals surface area contributed by atoms with Crippen molar-refractivity contribution in [2.45, 2.75) is 12.7 Å². The van der Waals surface area contributed by atoms with E-state index in [0.717, 1.165) is 6.07 Å². The first-order valence-electron chi connectivity index (χ1n) is 4.57. The molecule has 0 aliphatic heterocycles. The van der Waals surface area contributed by atoms with Gasteiger partial charge in [0, 0.05) is 18.1 Å². The van der Waals surface area contributed by atoms with E-state index in [1.54, 1.807) is 0 Å². The molecule has 0 fully saturated rings. The van der Waals surface area contributed by atoms with Crippen LogP contribution in [-0.2, 0) is 12.7 Å². The van der Waals surface area contributed by atoms with E-state index in [1.165, 1.54) is 12.1 Å². The second-order valence-corrected chi connectivity index (χ2v) is 3.60. The summed E-state index contributed by atoms with van der Waals surface area (Å²) in [5.74, 6) is 0. The third-order valence-electron chi connectivity index (χ3n) is 1.96. The van der Waals surface area contributed by atoms with Crippen molar-refractivity contribution in [3.63, 3.8) is 0 Å². The molecule has 0 aliphatic rings. The highest BCUT2D eigenvalue weighted by atomic mass is 35.5. The molecule has 0 amide bonds. The normalized spacial score (nSPS) is 11.8. The van der Waals surface area contributed by atoms with Crippen molar-refractivity contribution in [3.05, 3.63) is 34.3 Å². The Bertz CT molecular complexity index is 351. The first-order valence-corrected chi connectivity index (χ1v) is 4.95. The minimum absolute atomic E-state index is 0.0277. The zero-order valence-corrected chi connectivity index (χ0v) is 9.00. The molecule has 0 saturated heterocycles. The van der Waals surface area contributed by atoms with Crippen molar-refractivity contribution < 1.29 is 17.6 Å². The maximum atomic E-state index is 12.6. The van der Waals surface area contributed by atoms with E-state index in [1.807, 2.05) is 0 Å². The fraction of sp³-hybridized carbons (Fsp3) is 0.400. The summed E-state index contributed by atoms with van der Waals surface area (Å²) in [6, 6.07) is 3.54. The Morgan fingerprint density at radius 3 is 2.50 bits per heavy atom. The molecule has 6 heteroatoms. The number of nitrogens with one attached hydrogen (secondary N) is 1. The van der Waals surface area contributed by atoms with Gasteiger partial charge in [-0.15, -0.1) is 0 Å². The molecule has 0 aromatic heterocycles. The van der Waals surface area contributed by atoms with Crippen molar-refractivity contribution >= 4 is 11.6 Å². The standard InChI is InChI=1S/C10H10ClF4N/c11-8-2-1-7(6-16-4-3-12)9(5-8)10(13,14)15/h1-2,5,16H,3-4,6H2. The molecule has 0 radical (unpaired) electrons. The van der Waals surface area contributed by atoms with Gasteiger partial charge in [-0.1, -0.05) is 17.7 Å². The Hall–Kier alpha value is -0.810. The maximum Gasteiger partial charge on any atom is 0.416 e. The molecular weight excluding hydrogens is 246 g/mol. The van der Waals surface area contributed by atoms with Crippen LogP contribution < -0.4 is 5.32 Å². The largest absolute Gasteiger partial charge is 0.416 e. The first-order chi connectivity index (χ1) is 7.45. The van der Waals surface area contributed by atoms with E-state index in [0.29, 0.717) is 0 Å². The number of halogens is 5. The number of hydrogen-bond acceptors (Lipinski definition) is 1. The van der Waals surface area contributed by atoms with Crippen LogP contribution in [0.4, 0.5) is 17.6 Å². The van der Waals surface area contributed by atoms with Crippen molar-refractivity contribution in [1.29, 1.82) is 0 Å². The number of hydrogen-bond donors (Lipinski definition) is 1. The zero-order valence-electron chi connectivity index (χ0n) is 8.24. The van der Waals surface area contributed by atoms with Gasteiger partial charge in [0.1, 0.15) is 6.67 Å². The van der Waals surface area contributed by atoms with Gasteiger partial charge in [0.05, 0.1) is 5.56 Å². The molecule has 0 bridgehead atoms. The Kier molecular flexibility index (Phi) is 4.56. The minimum atomic E-state index is -4.45. The molecule has 0 unspecified atom stereocenters. The van der Waals surface area contributed by atoms with Crippen molar-refractivity contribution in [2.24, 2.45) is 0 Å². The SMILES string of the molecule is FCCNCc1ccc(Cl)cc1C(F)(F)F. The highest BCUT2D eigenvalue weighted by Crippen LogP contribution is 2.33. The van der Waals surface area contributed by atoms with Gasteiger partial charge < -0.3 is 5.32 Å². The molecule has 1 aromatic rings. The van der Waals surface area contributed by atoms with Gasteiger partial charge in [0.25, 0.3) is 0 Å². The number of alkyl halides is 4. The van der Waals surface area contributed by atoms with Crippen LogP contribution in [0.1, 0.15) is 11.1 Å². The lowest BCUT2D eigenvalue weighted by molar-refractivity contribution is -0.138. The lowest BCUT2D eigenvalue weighted by Gasteiger charge is -2.13. The molecule has 1 N–H and O–H groups in total. The van der Waals surface area contributed by atoms with Crippen LogP contribution in [-0.4, -0.2) is 13.2 Å². The van der Waals surface area contributed by atoms with Crippen LogP contribution in [0.2, 0.25) is 5.02 Å². The Morgan fingerprint density at radius 2 is 1.94 bits per heavy atom. The third-order valence-corrected chi connectivity index (χ3v) is 2.20. The van der Waals surface area contributed by atoms with Crippen LogP contribution in [0.15, 0.2) is 18.2 Å². The summed E-state index contributed by atoms with van der Waals surface area (Å²) >= 11 is 5.50. The fourth-order valence-electron chi connectivity index (χ4n) is 1.26. The summed E-state index contributed by atoms with van der Waals surface area (Å²) in [6.45, 7) is -0.620. The molecule has 0 aliphatic carbocycles. The molecule has 1 rings (SSSR count). The van der Waals surface area contributed by atoms with Gasteiger partial charge in [-0.3, -0.25) is 0 Å². The number of rotatable bonds is 4. The molecule has 1 aromatic carbocycles. The molecule has 0 saturated carbocycles. The molecule has 90 valence electrons. The fourth-order valence-corrected chi connectivity index (χ4v) is 1.43. The van der Waals surface area contributed by atoms with Gasteiger partial charge in [0.2, 0.25) is 0 Å². The third kappa shape index (κ3) is 3.64. The van der Waals surface area contributed by atoms with E-state index in [9.17, 15) is 17.6 Å². The monoisotopic (exact) mass is 255 g/mol. The molecule has 0 spiro atoms. The summed E-state index contributed by atoms with van der Waals surface area (Å²) in [6.07, 6.45) is -4.45. The van der Waals surface area contributed by atoms with E-state index in [-0.39, 0.29) is 23.7 Å². The lowest BCUT2D eigenvalue weighted by atomic mass is 10.1. The maximum absolute atomic E-state index is 12.6. The van der Waals surface area contributed by atoms with Crippen molar-refractivity contribution in [2.75, 3.05) is 13.2 Å². The van der Waals surface area contributed by atoms with E-state index >= 15 is 0 Å². The molecule has 0 atom stereocenters. The Labute approximate surface area is 95.4 Å². The average Bonchev–Trinajstić information content (AvgIpc) is 2.19. The van der Waals surface area contributed by atoms with Crippen LogP contribution in [0.3, 0.4) is 0 Å². The molecule has 16 heavy (non-hydrogen) atoms. The van der Waals surface area contributed by atoms with Gasteiger partial charge in [-0.25, -0.2) is 4.39 Å². The Morgan fingerprint density at radius 1 is 1.25 bits per heavy atom. The summed E-state index contributed by atoms with van der Waals surface area (Å²) < 4.78 is 49.5. The summed E-state index contributed by atoms with van der Waals surface area (Å²) in [7, 11) is 0. The van der Waals surface area contributed by atoms with Gasteiger partial charge in [-0.05, 0) is 17.7 Å². The predicted molar refractivity (Wildman–Crippen MR) is 54.1 cm³/mol. The second kappa shape index (κ2) is 5.50. The molecule has 1 nitrogen and oxygen atoms in total.